The zero-order chi connectivity index (χ0) is 17.6. The van der Waals surface area contributed by atoms with Crippen molar-refractivity contribution >= 4 is 45.6 Å². The minimum absolute atomic E-state index is 0. The molecule has 7 heteroatoms. The number of hydrogen-bond donors (Lipinski definition) is 1. The van der Waals surface area contributed by atoms with Crippen molar-refractivity contribution in [3.8, 4) is 0 Å². The molecule has 140 valence electrons. The van der Waals surface area contributed by atoms with Gasteiger partial charge in [0.2, 0.25) is 0 Å². The Kier molecular flexibility index (Phi) is 18.7. The van der Waals surface area contributed by atoms with E-state index in [9.17, 15) is 13.2 Å². The van der Waals surface area contributed by atoms with Crippen LogP contribution in [-0.2, 0) is 19.6 Å². The molecule has 0 aromatic heterocycles. The first-order valence-corrected chi connectivity index (χ1v) is 10.5. The van der Waals surface area contributed by atoms with Crippen molar-refractivity contribution in [1.29, 1.82) is 0 Å². The molecular weight excluding hydrogens is 339 g/mol. The van der Waals surface area contributed by atoms with Crippen LogP contribution in [0.15, 0.2) is 0 Å². The van der Waals surface area contributed by atoms with E-state index in [-0.39, 0.29) is 54.3 Å². The molecule has 0 unspecified atom stereocenters. The third-order valence-electron chi connectivity index (χ3n) is 3.72. The fraction of sp³-hybridized carbons (Fsp3) is 0.941. The van der Waals surface area contributed by atoms with Crippen LogP contribution in [0.2, 0.25) is 0 Å². The zero-order valence-corrected chi connectivity index (χ0v) is 15.6. The Morgan fingerprint density at radius 3 is 1.92 bits per heavy atom. The molecule has 1 N–H and O–H groups in total. The van der Waals surface area contributed by atoms with Gasteiger partial charge in [-0.25, -0.2) is 0 Å². The average Bonchev–Trinajstić information content (AvgIpc) is 2.44. The van der Waals surface area contributed by atoms with Crippen molar-refractivity contribution in [3.63, 3.8) is 0 Å². The number of rotatable bonds is 15. The molecule has 0 radical (unpaired) electrons. The molecule has 0 saturated heterocycles. The molecule has 0 heterocycles. The third kappa shape index (κ3) is 22.4. The van der Waals surface area contributed by atoms with Crippen molar-refractivity contribution in [3.05, 3.63) is 0 Å². The van der Waals surface area contributed by atoms with E-state index in [1.165, 1.54) is 38.5 Å². The molecule has 0 aromatic carbocycles. The fourth-order valence-corrected chi connectivity index (χ4v) is 2.86. The van der Waals surface area contributed by atoms with E-state index >= 15 is 0 Å². The molecule has 5 nitrogen and oxygen atoms in total. The molecule has 0 aliphatic heterocycles. The molecule has 0 amide bonds. The third-order valence-corrected chi connectivity index (χ3v) is 4.53. The Hall–Kier alpha value is 0.380. The van der Waals surface area contributed by atoms with E-state index in [1.807, 2.05) is 0 Å². The predicted molar refractivity (Wildman–Crippen MR) is 100 cm³/mol. The molecule has 0 aromatic rings. The van der Waals surface area contributed by atoms with E-state index in [1.54, 1.807) is 0 Å². The maximum absolute atomic E-state index is 11.4. The van der Waals surface area contributed by atoms with E-state index < -0.39 is 10.1 Å². The van der Waals surface area contributed by atoms with Crippen molar-refractivity contribution in [2.45, 2.75) is 84.5 Å². The number of unbranched alkanes of at least 4 members (excludes halogenated alkanes) is 7. The summed E-state index contributed by atoms with van der Waals surface area (Å²) in [4.78, 5) is 11.4. The molecular formula is C17H35NaO5S. The SMILES string of the molecule is CC(C)CCCCCCCCCCC(=O)OCCCS(=O)(=O)O.[NaH]. The van der Waals surface area contributed by atoms with Gasteiger partial charge in [-0.05, 0) is 18.8 Å². The minimum atomic E-state index is -3.95. The molecule has 0 rings (SSSR count). The van der Waals surface area contributed by atoms with Gasteiger partial charge >= 0.3 is 35.5 Å². The van der Waals surface area contributed by atoms with E-state index in [2.05, 4.69) is 13.8 Å². The first kappa shape index (κ1) is 26.6. The van der Waals surface area contributed by atoms with Crippen LogP contribution < -0.4 is 0 Å². The van der Waals surface area contributed by atoms with Crippen molar-refractivity contribution in [1.82, 2.24) is 0 Å². The summed E-state index contributed by atoms with van der Waals surface area (Å²) in [5, 5.41) is 0. The van der Waals surface area contributed by atoms with E-state index in [0.717, 1.165) is 25.2 Å². The zero-order valence-electron chi connectivity index (χ0n) is 14.8. The first-order valence-electron chi connectivity index (χ1n) is 8.92. The molecule has 0 atom stereocenters. The van der Waals surface area contributed by atoms with Crippen LogP contribution in [0.5, 0.6) is 0 Å². The second-order valence-electron chi connectivity index (χ2n) is 6.62. The molecule has 0 bridgehead atoms. The summed E-state index contributed by atoms with van der Waals surface area (Å²) in [5.41, 5.74) is 0. The fourth-order valence-electron chi connectivity index (χ4n) is 2.38. The van der Waals surface area contributed by atoms with Gasteiger partial charge in [0.15, 0.2) is 0 Å². The van der Waals surface area contributed by atoms with Gasteiger partial charge in [-0.2, -0.15) is 8.42 Å². The van der Waals surface area contributed by atoms with Gasteiger partial charge in [-0.3, -0.25) is 9.35 Å². The average molecular weight is 375 g/mol. The summed E-state index contributed by atoms with van der Waals surface area (Å²) in [5.74, 6) is 0.161. The van der Waals surface area contributed by atoms with E-state index in [0.29, 0.717) is 6.42 Å². The summed E-state index contributed by atoms with van der Waals surface area (Å²) in [6, 6.07) is 0. The summed E-state index contributed by atoms with van der Waals surface area (Å²) in [6.45, 7) is 4.58. The Bertz CT molecular complexity index is 396. The van der Waals surface area contributed by atoms with Gasteiger partial charge < -0.3 is 4.74 Å². The van der Waals surface area contributed by atoms with Gasteiger partial charge in [-0.15, -0.1) is 0 Å². The number of hydrogen-bond acceptors (Lipinski definition) is 4. The van der Waals surface area contributed by atoms with Crippen LogP contribution in [0.4, 0.5) is 0 Å². The predicted octanol–water partition coefficient (Wildman–Crippen LogP) is 3.72. The van der Waals surface area contributed by atoms with Crippen LogP contribution in [0.1, 0.15) is 84.5 Å². The second kappa shape index (κ2) is 16.8. The normalized spacial score (nSPS) is 11.3. The van der Waals surface area contributed by atoms with Crippen molar-refractivity contribution in [2.75, 3.05) is 12.4 Å². The van der Waals surface area contributed by atoms with E-state index in [4.69, 9.17) is 9.29 Å². The molecule has 0 aliphatic carbocycles. The van der Waals surface area contributed by atoms with Crippen LogP contribution in [-0.4, -0.2) is 60.9 Å². The second-order valence-corrected chi connectivity index (χ2v) is 8.19. The topological polar surface area (TPSA) is 80.7 Å². The number of carbonyl (C=O) groups excluding carboxylic acids is 1. The maximum atomic E-state index is 11.4. The standard InChI is InChI=1S/C17H34O5S.Na.H/c1-16(2)12-9-7-5-3-4-6-8-10-13-17(18)22-14-11-15-23(19,20)21;;/h16H,3-15H2,1-2H3,(H,19,20,21);;. The Balaban J connectivity index is 0. The summed E-state index contributed by atoms with van der Waals surface area (Å²) in [7, 11) is -3.95. The summed E-state index contributed by atoms with van der Waals surface area (Å²) < 4.78 is 34.4. The Morgan fingerprint density at radius 2 is 1.42 bits per heavy atom. The van der Waals surface area contributed by atoms with Gasteiger partial charge in [0.05, 0.1) is 12.4 Å². The molecule has 24 heavy (non-hydrogen) atoms. The Morgan fingerprint density at radius 1 is 0.917 bits per heavy atom. The Labute approximate surface area is 170 Å². The summed E-state index contributed by atoms with van der Waals surface area (Å²) >= 11 is 0. The number of carbonyl (C=O) groups is 1. The summed E-state index contributed by atoms with van der Waals surface area (Å²) in [6.07, 6.45) is 11.3. The molecule has 0 spiro atoms. The van der Waals surface area contributed by atoms with Crippen LogP contribution in [0, 0.1) is 5.92 Å². The van der Waals surface area contributed by atoms with Gasteiger partial charge in [0, 0.05) is 6.42 Å². The first-order chi connectivity index (χ1) is 10.8. The number of ether oxygens (including phenoxy) is 1. The van der Waals surface area contributed by atoms with Gasteiger partial charge in [0.25, 0.3) is 10.1 Å². The van der Waals surface area contributed by atoms with Crippen LogP contribution in [0.3, 0.4) is 0 Å². The molecule has 0 aliphatic rings. The molecule has 0 saturated carbocycles. The van der Waals surface area contributed by atoms with Crippen molar-refractivity contribution < 1.29 is 22.5 Å². The monoisotopic (exact) mass is 374 g/mol. The molecule has 0 fully saturated rings. The van der Waals surface area contributed by atoms with Crippen molar-refractivity contribution in [2.24, 2.45) is 5.92 Å². The number of esters is 1. The van der Waals surface area contributed by atoms with Gasteiger partial charge in [-0.1, -0.05) is 65.2 Å². The van der Waals surface area contributed by atoms with Crippen LogP contribution >= 0.6 is 0 Å². The van der Waals surface area contributed by atoms with Gasteiger partial charge in [0.1, 0.15) is 0 Å². The quantitative estimate of drug-likeness (QED) is 0.204. The van der Waals surface area contributed by atoms with Crippen LogP contribution in [0.25, 0.3) is 0 Å².